The zero-order chi connectivity index (χ0) is 14.4. The number of ketones is 1. The van der Waals surface area contributed by atoms with Gasteiger partial charge in [0.1, 0.15) is 5.82 Å². The first-order chi connectivity index (χ1) is 9.69. The molecule has 0 heterocycles. The molecule has 0 aliphatic heterocycles. The van der Waals surface area contributed by atoms with Gasteiger partial charge in [-0.2, -0.15) is 5.26 Å². The van der Waals surface area contributed by atoms with Crippen LogP contribution in [-0.4, -0.2) is 11.5 Å². The molecule has 0 aromatic heterocycles. The molecule has 2 nitrogen and oxygen atoms in total. The highest BCUT2D eigenvalue weighted by Crippen LogP contribution is 2.20. The summed E-state index contributed by atoms with van der Waals surface area (Å²) < 4.78 is 12.8. The maximum absolute atomic E-state index is 12.8. The summed E-state index contributed by atoms with van der Waals surface area (Å²) in [5.74, 6) is 0.281. The van der Waals surface area contributed by atoms with Gasteiger partial charge in [-0.1, -0.05) is 6.07 Å². The number of carbonyl (C=O) groups excluding carboxylic acids is 1. The van der Waals surface area contributed by atoms with Gasteiger partial charge in [-0.15, -0.1) is 11.8 Å². The number of nitrogens with zero attached hydrogens (tertiary/aromatic N) is 1. The third-order valence-corrected chi connectivity index (χ3v) is 3.72. The summed E-state index contributed by atoms with van der Waals surface area (Å²) in [4.78, 5) is 12.8. The molecule has 0 amide bonds. The number of halogens is 1. The van der Waals surface area contributed by atoms with E-state index in [0.717, 1.165) is 4.90 Å². The van der Waals surface area contributed by atoms with Crippen molar-refractivity contribution in [3.05, 3.63) is 65.5 Å². The Hall–Kier alpha value is -2.12. The van der Waals surface area contributed by atoms with Crippen LogP contribution in [0.4, 0.5) is 4.39 Å². The summed E-state index contributed by atoms with van der Waals surface area (Å²) in [6, 6.07) is 14.9. The van der Waals surface area contributed by atoms with Crippen LogP contribution < -0.4 is 0 Å². The minimum absolute atomic E-state index is 0.00561. The minimum Gasteiger partial charge on any atom is -0.294 e. The maximum Gasteiger partial charge on any atom is 0.163 e. The van der Waals surface area contributed by atoms with Crippen molar-refractivity contribution < 1.29 is 9.18 Å². The van der Waals surface area contributed by atoms with Crippen molar-refractivity contribution in [3.8, 4) is 6.07 Å². The van der Waals surface area contributed by atoms with Gasteiger partial charge < -0.3 is 0 Å². The van der Waals surface area contributed by atoms with E-state index in [1.807, 2.05) is 12.1 Å². The number of thioether (sulfide) groups is 1. The van der Waals surface area contributed by atoms with Crippen molar-refractivity contribution in [2.45, 2.75) is 11.3 Å². The lowest BCUT2D eigenvalue weighted by atomic mass is 10.1. The van der Waals surface area contributed by atoms with Gasteiger partial charge >= 0.3 is 0 Å². The highest BCUT2D eigenvalue weighted by molar-refractivity contribution is 7.99. The molecule has 0 aliphatic rings. The Balaban J connectivity index is 1.88. The van der Waals surface area contributed by atoms with Crippen molar-refractivity contribution in [3.63, 3.8) is 0 Å². The Labute approximate surface area is 121 Å². The molecule has 0 saturated carbocycles. The van der Waals surface area contributed by atoms with Crippen LogP contribution in [0.3, 0.4) is 0 Å². The fourth-order valence-electron chi connectivity index (χ4n) is 1.70. The smallest absolute Gasteiger partial charge is 0.163 e. The van der Waals surface area contributed by atoms with E-state index in [1.54, 1.807) is 12.1 Å². The lowest BCUT2D eigenvalue weighted by Crippen LogP contribution is -2.00. The minimum atomic E-state index is -0.343. The Morgan fingerprint density at radius 2 is 1.95 bits per heavy atom. The lowest BCUT2D eigenvalue weighted by molar-refractivity contribution is 0.0989. The summed E-state index contributed by atoms with van der Waals surface area (Å²) in [6.45, 7) is 0. The van der Waals surface area contributed by atoms with Gasteiger partial charge in [-0.05, 0) is 42.5 Å². The van der Waals surface area contributed by atoms with Gasteiger partial charge in [0.2, 0.25) is 0 Å². The molecule has 2 aromatic rings. The molecule has 0 spiro atoms. The number of nitriles is 1. The van der Waals surface area contributed by atoms with Crippen LogP contribution in [0.25, 0.3) is 0 Å². The van der Waals surface area contributed by atoms with Gasteiger partial charge in [0.25, 0.3) is 0 Å². The number of benzene rings is 2. The van der Waals surface area contributed by atoms with Crippen LogP contribution in [0.15, 0.2) is 53.4 Å². The van der Waals surface area contributed by atoms with Crippen molar-refractivity contribution in [2.75, 3.05) is 5.75 Å². The van der Waals surface area contributed by atoms with E-state index in [2.05, 4.69) is 6.07 Å². The average Bonchev–Trinajstić information content (AvgIpc) is 2.48. The van der Waals surface area contributed by atoms with Crippen molar-refractivity contribution in [1.29, 1.82) is 5.26 Å². The van der Waals surface area contributed by atoms with Crippen molar-refractivity contribution in [2.24, 2.45) is 0 Å². The molecule has 2 rings (SSSR count). The topological polar surface area (TPSA) is 40.9 Å². The first kappa shape index (κ1) is 14.3. The van der Waals surface area contributed by atoms with E-state index in [4.69, 9.17) is 5.26 Å². The van der Waals surface area contributed by atoms with Gasteiger partial charge in [0.05, 0.1) is 11.6 Å². The normalized spacial score (nSPS) is 10.0. The molecule has 2 aromatic carbocycles. The largest absolute Gasteiger partial charge is 0.294 e. The van der Waals surface area contributed by atoms with E-state index in [0.29, 0.717) is 23.3 Å². The number of hydrogen-bond acceptors (Lipinski definition) is 3. The molecule has 0 saturated heterocycles. The fraction of sp³-hybridized carbons (Fsp3) is 0.125. The molecule has 0 fully saturated rings. The molecule has 4 heteroatoms. The summed E-state index contributed by atoms with van der Waals surface area (Å²) in [6.07, 6.45) is 0.382. The molecular formula is C16H12FNOS. The standard InChI is InChI=1S/C16H12FNOS/c17-14-6-4-13(5-7-14)16(19)8-9-20-15-3-1-2-12(10-15)11-18/h1-7,10H,8-9H2. The Morgan fingerprint density at radius 1 is 1.20 bits per heavy atom. The fourth-order valence-corrected chi connectivity index (χ4v) is 2.61. The second-order valence-corrected chi connectivity index (χ2v) is 5.34. The second kappa shape index (κ2) is 6.88. The molecule has 0 N–H and O–H groups in total. The molecular weight excluding hydrogens is 273 g/mol. The highest BCUT2D eigenvalue weighted by atomic mass is 32.2. The monoisotopic (exact) mass is 285 g/mol. The van der Waals surface area contributed by atoms with E-state index >= 15 is 0 Å². The predicted molar refractivity (Wildman–Crippen MR) is 77.2 cm³/mol. The highest BCUT2D eigenvalue weighted by Gasteiger charge is 2.06. The van der Waals surface area contributed by atoms with Crippen molar-refractivity contribution >= 4 is 17.5 Å². The van der Waals surface area contributed by atoms with Crippen LogP contribution in [0, 0.1) is 17.1 Å². The number of carbonyl (C=O) groups is 1. The second-order valence-electron chi connectivity index (χ2n) is 4.17. The van der Waals surface area contributed by atoms with Crippen LogP contribution in [0.2, 0.25) is 0 Å². The predicted octanol–water partition coefficient (Wildman–Crippen LogP) is 4.06. The molecule has 0 bridgehead atoms. The molecule has 0 aliphatic carbocycles. The lowest BCUT2D eigenvalue weighted by Gasteiger charge is -2.02. The van der Waals surface area contributed by atoms with Crippen LogP contribution in [0.5, 0.6) is 0 Å². The zero-order valence-electron chi connectivity index (χ0n) is 10.7. The van der Waals surface area contributed by atoms with E-state index < -0.39 is 0 Å². The van der Waals surface area contributed by atoms with E-state index in [1.165, 1.54) is 36.0 Å². The third kappa shape index (κ3) is 3.94. The maximum atomic E-state index is 12.8. The van der Waals surface area contributed by atoms with Gasteiger partial charge in [0, 0.05) is 22.6 Å². The quantitative estimate of drug-likeness (QED) is 0.614. The number of rotatable bonds is 5. The Morgan fingerprint density at radius 3 is 2.65 bits per heavy atom. The van der Waals surface area contributed by atoms with Gasteiger partial charge in [-0.3, -0.25) is 4.79 Å². The summed E-state index contributed by atoms with van der Waals surface area (Å²) in [5.41, 5.74) is 1.14. The third-order valence-electron chi connectivity index (χ3n) is 2.73. The summed E-state index contributed by atoms with van der Waals surface area (Å²) in [7, 11) is 0. The van der Waals surface area contributed by atoms with E-state index in [9.17, 15) is 9.18 Å². The van der Waals surface area contributed by atoms with Gasteiger partial charge in [-0.25, -0.2) is 4.39 Å². The summed E-state index contributed by atoms with van der Waals surface area (Å²) in [5, 5.41) is 8.80. The van der Waals surface area contributed by atoms with Crippen molar-refractivity contribution in [1.82, 2.24) is 0 Å². The molecule has 0 unspecified atom stereocenters. The number of Topliss-reactive ketones (excluding diaryl/α,β-unsaturated/α-hetero) is 1. The van der Waals surface area contributed by atoms with Crippen LogP contribution in [0.1, 0.15) is 22.3 Å². The Bertz CT molecular complexity index is 646. The van der Waals surface area contributed by atoms with E-state index in [-0.39, 0.29) is 11.6 Å². The van der Waals surface area contributed by atoms with Gasteiger partial charge in [0.15, 0.2) is 5.78 Å². The average molecular weight is 285 g/mol. The SMILES string of the molecule is N#Cc1cccc(SCCC(=O)c2ccc(F)cc2)c1. The summed E-state index contributed by atoms with van der Waals surface area (Å²) >= 11 is 1.53. The molecule has 0 radical (unpaired) electrons. The molecule has 0 atom stereocenters. The Kier molecular flexibility index (Phi) is 4.91. The molecule has 20 heavy (non-hydrogen) atoms. The molecule has 100 valence electrons. The van der Waals surface area contributed by atoms with Crippen LogP contribution >= 0.6 is 11.8 Å². The first-order valence-corrected chi connectivity index (χ1v) is 7.09. The number of hydrogen-bond donors (Lipinski definition) is 0. The van der Waals surface area contributed by atoms with Crippen LogP contribution in [-0.2, 0) is 0 Å². The zero-order valence-corrected chi connectivity index (χ0v) is 11.5. The first-order valence-electron chi connectivity index (χ1n) is 6.11.